The molecule has 5 heteroatoms. The molecule has 1 heterocycles. The van der Waals surface area contributed by atoms with E-state index in [9.17, 15) is 4.79 Å². The molecule has 0 aliphatic heterocycles. The van der Waals surface area contributed by atoms with Crippen LogP contribution in [0, 0.1) is 0 Å². The van der Waals surface area contributed by atoms with E-state index in [0.717, 1.165) is 10.0 Å². The summed E-state index contributed by atoms with van der Waals surface area (Å²) in [7, 11) is 0. The lowest BCUT2D eigenvalue weighted by Crippen LogP contribution is -2.21. The van der Waals surface area contributed by atoms with E-state index in [1.165, 1.54) is 0 Å². The highest BCUT2D eigenvalue weighted by atomic mass is 79.9. The van der Waals surface area contributed by atoms with Crippen molar-refractivity contribution in [3.8, 4) is 0 Å². The van der Waals surface area contributed by atoms with Crippen LogP contribution in [0.1, 0.15) is 5.56 Å². The van der Waals surface area contributed by atoms with Gasteiger partial charge in [-0.3, -0.25) is 9.36 Å². The Morgan fingerprint density at radius 1 is 1.20 bits per heavy atom. The van der Waals surface area contributed by atoms with Gasteiger partial charge in [-0.05, 0) is 29.8 Å². The number of rotatable bonds is 2. The Labute approximate surface area is 124 Å². The second-order valence-corrected chi connectivity index (χ2v) is 5.45. The van der Waals surface area contributed by atoms with Crippen LogP contribution in [0.3, 0.4) is 0 Å². The van der Waals surface area contributed by atoms with Gasteiger partial charge in [0.05, 0.1) is 23.8 Å². The number of hydrogen-bond donors (Lipinski definition) is 1. The van der Waals surface area contributed by atoms with Gasteiger partial charge in [-0.2, -0.15) is 0 Å². The first-order valence-corrected chi connectivity index (χ1v) is 6.92. The summed E-state index contributed by atoms with van der Waals surface area (Å²) in [5.41, 5.74) is 8.12. The molecule has 20 heavy (non-hydrogen) atoms. The van der Waals surface area contributed by atoms with Crippen molar-refractivity contribution in [2.24, 2.45) is 0 Å². The van der Waals surface area contributed by atoms with Crippen molar-refractivity contribution in [1.29, 1.82) is 0 Å². The Morgan fingerprint density at radius 3 is 2.80 bits per heavy atom. The molecule has 2 N–H and O–H groups in total. The maximum atomic E-state index is 12.5. The molecule has 0 atom stereocenters. The van der Waals surface area contributed by atoms with Gasteiger partial charge in [-0.25, -0.2) is 4.98 Å². The molecular weight excluding hydrogens is 318 g/mol. The third-order valence-electron chi connectivity index (χ3n) is 3.18. The van der Waals surface area contributed by atoms with Crippen LogP contribution < -0.4 is 11.3 Å². The van der Waals surface area contributed by atoms with Crippen molar-refractivity contribution in [1.82, 2.24) is 9.55 Å². The summed E-state index contributed by atoms with van der Waals surface area (Å²) >= 11 is 3.37. The molecular formula is C15H12BrN3O. The zero-order chi connectivity index (χ0) is 14.1. The third kappa shape index (κ3) is 2.32. The smallest absolute Gasteiger partial charge is 0.261 e. The van der Waals surface area contributed by atoms with E-state index >= 15 is 0 Å². The molecule has 0 amide bonds. The lowest BCUT2D eigenvalue weighted by atomic mass is 10.2. The first-order valence-electron chi connectivity index (χ1n) is 6.13. The van der Waals surface area contributed by atoms with E-state index in [1.54, 1.807) is 17.0 Å². The van der Waals surface area contributed by atoms with E-state index in [4.69, 9.17) is 5.73 Å². The number of benzene rings is 2. The zero-order valence-electron chi connectivity index (χ0n) is 10.6. The fourth-order valence-corrected chi connectivity index (χ4v) is 2.47. The molecule has 0 fully saturated rings. The third-order valence-corrected chi connectivity index (χ3v) is 3.68. The highest BCUT2D eigenvalue weighted by Gasteiger charge is 2.06. The zero-order valence-corrected chi connectivity index (χ0v) is 12.2. The number of hydrogen-bond acceptors (Lipinski definition) is 3. The van der Waals surface area contributed by atoms with Crippen LogP contribution in [-0.2, 0) is 6.54 Å². The quantitative estimate of drug-likeness (QED) is 0.735. The summed E-state index contributed by atoms with van der Waals surface area (Å²) in [5.74, 6) is 0. The number of halogens is 1. The van der Waals surface area contributed by atoms with Gasteiger partial charge in [0.1, 0.15) is 0 Å². The molecule has 0 spiro atoms. The monoisotopic (exact) mass is 329 g/mol. The van der Waals surface area contributed by atoms with Crippen molar-refractivity contribution in [2.45, 2.75) is 6.54 Å². The number of fused-ring (bicyclic) bond motifs is 1. The molecule has 3 rings (SSSR count). The molecule has 1 aromatic heterocycles. The maximum Gasteiger partial charge on any atom is 0.261 e. The first-order chi connectivity index (χ1) is 9.65. The molecule has 0 bridgehead atoms. The number of para-hydroxylation sites is 1. The Balaban J connectivity index is 2.11. The van der Waals surface area contributed by atoms with Gasteiger partial charge in [0.2, 0.25) is 0 Å². The fourth-order valence-electron chi connectivity index (χ4n) is 2.11. The highest BCUT2D eigenvalue weighted by Crippen LogP contribution is 2.16. The predicted molar refractivity (Wildman–Crippen MR) is 83.7 cm³/mol. The highest BCUT2D eigenvalue weighted by molar-refractivity contribution is 9.10. The van der Waals surface area contributed by atoms with Crippen molar-refractivity contribution in [3.05, 3.63) is 69.2 Å². The van der Waals surface area contributed by atoms with Crippen LogP contribution in [0.2, 0.25) is 0 Å². The molecule has 3 aromatic rings. The van der Waals surface area contributed by atoms with Crippen LogP contribution in [0.5, 0.6) is 0 Å². The fraction of sp³-hybridized carbons (Fsp3) is 0.0667. The van der Waals surface area contributed by atoms with Crippen molar-refractivity contribution in [2.75, 3.05) is 5.73 Å². The van der Waals surface area contributed by atoms with Crippen LogP contribution in [0.4, 0.5) is 5.69 Å². The van der Waals surface area contributed by atoms with Crippen molar-refractivity contribution >= 4 is 32.5 Å². The number of anilines is 1. The number of aromatic nitrogens is 2. The van der Waals surface area contributed by atoms with Crippen LogP contribution in [0.15, 0.2) is 58.1 Å². The van der Waals surface area contributed by atoms with Crippen LogP contribution >= 0.6 is 15.9 Å². The molecule has 0 unspecified atom stereocenters. The molecule has 0 aliphatic rings. The average Bonchev–Trinajstić information content (AvgIpc) is 2.45. The van der Waals surface area contributed by atoms with Gasteiger partial charge in [0.25, 0.3) is 5.56 Å². The Kier molecular flexibility index (Phi) is 3.28. The summed E-state index contributed by atoms with van der Waals surface area (Å²) in [6.07, 6.45) is 1.56. The standard InChI is InChI=1S/C15H12BrN3O/c16-11-5-6-14-12(7-11)15(20)19(9-18-14)8-10-3-1-2-4-13(10)17/h1-7,9H,8,17H2. The van der Waals surface area contributed by atoms with E-state index < -0.39 is 0 Å². The second-order valence-electron chi connectivity index (χ2n) is 4.54. The molecule has 0 aliphatic carbocycles. The van der Waals surface area contributed by atoms with Crippen molar-refractivity contribution < 1.29 is 0 Å². The van der Waals surface area contributed by atoms with Gasteiger partial charge < -0.3 is 5.73 Å². The normalized spacial score (nSPS) is 10.8. The van der Waals surface area contributed by atoms with E-state index in [1.807, 2.05) is 36.4 Å². The molecule has 100 valence electrons. The summed E-state index contributed by atoms with van der Waals surface area (Å²) in [5, 5.41) is 0.594. The summed E-state index contributed by atoms with van der Waals surface area (Å²) < 4.78 is 2.43. The SMILES string of the molecule is Nc1ccccc1Cn1cnc2ccc(Br)cc2c1=O. The number of nitrogens with two attached hydrogens (primary N) is 1. The van der Waals surface area contributed by atoms with Gasteiger partial charge >= 0.3 is 0 Å². The number of nitrogens with zero attached hydrogens (tertiary/aromatic N) is 2. The largest absolute Gasteiger partial charge is 0.398 e. The summed E-state index contributed by atoms with van der Waals surface area (Å²) in [6, 6.07) is 13.0. The Morgan fingerprint density at radius 2 is 2.00 bits per heavy atom. The minimum Gasteiger partial charge on any atom is -0.398 e. The Bertz CT molecular complexity index is 842. The molecule has 0 saturated carbocycles. The molecule has 4 nitrogen and oxygen atoms in total. The van der Waals surface area contributed by atoms with E-state index in [2.05, 4.69) is 20.9 Å². The van der Waals surface area contributed by atoms with Crippen molar-refractivity contribution in [3.63, 3.8) is 0 Å². The topological polar surface area (TPSA) is 60.9 Å². The van der Waals surface area contributed by atoms with Crippen LogP contribution in [0.25, 0.3) is 10.9 Å². The molecule has 2 aromatic carbocycles. The minimum absolute atomic E-state index is 0.0699. The predicted octanol–water partition coefficient (Wildman–Crippen LogP) is 2.79. The maximum absolute atomic E-state index is 12.5. The molecule has 0 saturated heterocycles. The molecule has 0 radical (unpaired) electrons. The summed E-state index contributed by atoms with van der Waals surface area (Å²) in [4.78, 5) is 16.8. The van der Waals surface area contributed by atoms with Gasteiger partial charge in [0.15, 0.2) is 0 Å². The van der Waals surface area contributed by atoms with Gasteiger partial charge in [-0.15, -0.1) is 0 Å². The average molecular weight is 330 g/mol. The van der Waals surface area contributed by atoms with Crippen LogP contribution in [-0.4, -0.2) is 9.55 Å². The first kappa shape index (κ1) is 12.9. The van der Waals surface area contributed by atoms with E-state index in [0.29, 0.717) is 23.1 Å². The van der Waals surface area contributed by atoms with Gasteiger partial charge in [0, 0.05) is 10.2 Å². The second kappa shape index (κ2) is 5.09. The minimum atomic E-state index is -0.0699. The number of nitrogen functional groups attached to an aromatic ring is 1. The Hall–Kier alpha value is -2.14. The lowest BCUT2D eigenvalue weighted by Gasteiger charge is -2.09. The lowest BCUT2D eigenvalue weighted by molar-refractivity contribution is 0.750. The van der Waals surface area contributed by atoms with Gasteiger partial charge in [-0.1, -0.05) is 34.1 Å². The van der Waals surface area contributed by atoms with E-state index in [-0.39, 0.29) is 5.56 Å². The summed E-state index contributed by atoms with van der Waals surface area (Å²) in [6.45, 7) is 0.418.